The lowest BCUT2D eigenvalue weighted by Crippen LogP contribution is -2.58. The SMILES string of the molecule is Cc1cc(C(=O)N2CC[C@@H]3[C@@H](CCC(=O)N3CCN)C2)c(=O)[nH]c1C.Cl. The van der Waals surface area contributed by atoms with Crippen LogP contribution in [0.2, 0.25) is 0 Å². The first-order valence-electron chi connectivity index (χ1n) is 8.91. The van der Waals surface area contributed by atoms with E-state index in [1.807, 2.05) is 18.7 Å². The first-order chi connectivity index (χ1) is 11.9. The Morgan fingerprint density at radius 2 is 2.04 bits per heavy atom. The Hall–Kier alpha value is -1.86. The van der Waals surface area contributed by atoms with Crippen LogP contribution in [0, 0.1) is 19.8 Å². The van der Waals surface area contributed by atoms with Gasteiger partial charge in [-0.1, -0.05) is 0 Å². The lowest BCUT2D eigenvalue weighted by molar-refractivity contribution is -0.140. The van der Waals surface area contributed by atoms with E-state index in [0.29, 0.717) is 32.6 Å². The van der Waals surface area contributed by atoms with Crippen LogP contribution in [-0.4, -0.2) is 58.8 Å². The number of pyridine rings is 1. The van der Waals surface area contributed by atoms with Crippen LogP contribution in [0.1, 0.15) is 40.9 Å². The molecule has 2 aliphatic heterocycles. The molecule has 0 aliphatic carbocycles. The van der Waals surface area contributed by atoms with Crippen molar-refractivity contribution in [3.63, 3.8) is 0 Å². The Kier molecular flexibility index (Phi) is 6.47. The molecule has 2 atom stereocenters. The highest BCUT2D eigenvalue weighted by Crippen LogP contribution is 2.31. The van der Waals surface area contributed by atoms with Gasteiger partial charge in [-0.05, 0) is 44.2 Å². The number of hydrogen-bond acceptors (Lipinski definition) is 4. The average Bonchev–Trinajstić information content (AvgIpc) is 2.59. The highest BCUT2D eigenvalue weighted by Gasteiger charge is 2.40. The second-order valence-corrected chi connectivity index (χ2v) is 7.10. The fraction of sp³-hybridized carbons (Fsp3) is 0.611. The molecule has 8 heteroatoms. The summed E-state index contributed by atoms with van der Waals surface area (Å²) in [5.74, 6) is 0.203. The highest BCUT2D eigenvalue weighted by atomic mass is 35.5. The predicted molar refractivity (Wildman–Crippen MR) is 102 cm³/mol. The molecule has 2 saturated heterocycles. The lowest BCUT2D eigenvalue weighted by atomic mass is 9.83. The minimum atomic E-state index is -0.334. The molecule has 1 aromatic rings. The monoisotopic (exact) mass is 382 g/mol. The first kappa shape index (κ1) is 20.5. The minimum absolute atomic E-state index is 0. The number of H-pyrrole nitrogens is 1. The molecular weight excluding hydrogens is 356 g/mol. The van der Waals surface area contributed by atoms with Crippen LogP contribution >= 0.6 is 12.4 Å². The third kappa shape index (κ3) is 3.78. The van der Waals surface area contributed by atoms with Crippen molar-refractivity contribution >= 4 is 24.2 Å². The summed E-state index contributed by atoms with van der Waals surface area (Å²) in [5.41, 5.74) is 7.19. The van der Waals surface area contributed by atoms with Gasteiger partial charge in [0.15, 0.2) is 0 Å². The average molecular weight is 383 g/mol. The van der Waals surface area contributed by atoms with Gasteiger partial charge in [-0.25, -0.2) is 0 Å². The normalized spacial score (nSPS) is 22.7. The Bertz CT molecular complexity index is 748. The van der Waals surface area contributed by atoms with E-state index in [0.717, 1.165) is 24.1 Å². The van der Waals surface area contributed by atoms with Gasteiger partial charge in [0, 0.05) is 44.3 Å². The number of aryl methyl sites for hydroxylation is 2. The number of nitrogens with two attached hydrogens (primary N) is 1. The van der Waals surface area contributed by atoms with Gasteiger partial charge in [0.2, 0.25) is 5.91 Å². The van der Waals surface area contributed by atoms with E-state index in [9.17, 15) is 14.4 Å². The molecule has 0 aromatic carbocycles. The molecule has 3 rings (SSSR count). The molecule has 2 fully saturated rings. The largest absolute Gasteiger partial charge is 0.338 e. The van der Waals surface area contributed by atoms with Crippen LogP contribution in [0.4, 0.5) is 0 Å². The van der Waals surface area contributed by atoms with Gasteiger partial charge < -0.3 is 20.5 Å². The number of aromatic nitrogens is 1. The summed E-state index contributed by atoms with van der Waals surface area (Å²) in [6.07, 6.45) is 2.04. The number of carbonyl (C=O) groups is 2. The first-order valence-corrected chi connectivity index (χ1v) is 8.91. The molecule has 144 valence electrons. The van der Waals surface area contributed by atoms with Crippen molar-refractivity contribution in [3.05, 3.63) is 33.2 Å². The fourth-order valence-electron chi connectivity index (χ4n) is 4.02. The van der Waals surface area contributed by atoms with Gasteiger partial charge in [0.25, 0.3) is 11.5 Å². The molecule has 0 radical (unpaired) electrons. The maximum atomic E-state index is 12.8. The maximum Gasteiger partial charge on any atom is 0.261 e. The van der Waals surface area contributed by atoms with Crippen LogP contribution in [0.5, 0.6) is 0 Å². The number of aromatic amines is 1. The molecule has 0 unspecified atom stereocenters. The maximum absolute atomic E-state index is 12.8. The standard InChI is InChI=1S/C18H26N4O3.ClH/c1-11-9-14(17(24)20-12(11)2)18(25)21-7-5-15-13(10-21)3-4-16(23)22(15)8-6-19;/h9,13,15H,3-8,10,19H2,1-2H3,(H,20,24);1H/t13-,15+;/m0./s1. The lowest BCUT2D eigenvalue weighted by Gasteiger charge is -2.47. The summed E-state index contributed by atoms with van der Waals surface area (Å²) in [6.45, 7) is 5.87. The van der Waals surface area contributed by atoms with Gasteiger partial charge in [0.1, 0.15) is 5.56 Å². The summed E-state index contributed by atoms with van der Waals surface area (Å²) >= 11 is 0. The third-order valence-corrected chi connectivity index (χ3v) is 5.53. The minimum Gasteiger partial charge on any atom is -0.338 e. The molecular formula is C18H27ClN4O3. The van der Waals surface area contributed by atoms with Crippen LogP contribution in [-0.2, 0) is 4.79 Å². The summed E-state index contributed by atoms with van der Waals surface area (Å²) in [6, 6.07) is 1.83. The molecule has 1 aromatic heterocycles. The van der Waals surface area contributed by atoms with Crippen molar-refractivity contribution < 1.29 is 9.59 Å². The fourth-order valence-corrected chi connectivity index (χ4v) is 4.02. The van der Waals surface area contributed by atoms with Crippen molar-refractivity contribution in [1.29, 1.82) is 0 Å². The molecule has 3 N–H and O–H groups in total. The highest BCUT2D eigenvalue weighted by molar-refractivity contribution is 5.94. The summed E-state index contributed by atoms with van der Waals surface area (Å²) in [4.78, 5) is 43.5. The van der Waals surface area contributed by atoms with Crippen LogP contribution in [0.25, 0.3) is 0 Å². The summed E-state index contributed by atoms with van der Waals surface area (Å²) < 4.78 is 0. The molecule has 0 saturated carbocycles. The molecule has 0 spiro atoms. The molecule has 2 aliphatic rings. The zero-order chi connectivity index (χ0) is 18.1. The third-order valence-electron chi connectivity index (χ3n) is 5.53. The second-order valence-electron chi connectivity index (χ2n) is 7.10. The van der Waals surface area contributed by atoms with E-state index in [4.69, 9.17) is 5.73 Å². The number of nitrogens with one attached hydrogen (secondary N) is 1. The summed E-state index contributed by atoms with van der Waals surface area (Å²) in [7, 11) is 0. The van der Waals surface area contributed by atoms with Crippen LogP contribution in [0.15, 0.2) is 10.9 Å². The van der Waals surface area contributed by atoms with Crippen molar-refractivity contribution in [2.75, 3.05) is 26.2 Å². The summed E-state index contributed by atoms with van der Waals surface area (Å²) in [5, 5.41) is 0. The molecule has 3 heterocycles. The van der Waals surface area contributed by atoms with E-state index >= 15 is 0 Å². The Morgan fingerprint density at radius 1 is 1.31 bits per heavy atom. The number of likely N-dealkylation sites (tertiary alicyclic amines) is 2. The van der Waals surface area contributed by atoms with Gasteiger partial charge in [-0.2, -0.15) is 0 Å². The molecule has 7 nitrogen and oxygen atoms in total. The molecule has 26 heavy (non-hydrogen) atoms. The van der Waals surface area contributed by atoms with E-state index in [1.165, 1.54) is 0 Å². The predicted octanol–water partition coefficient (Wildman–Crippen LogP) is 0.825. The smallest absolute Gasteiger partial charge is 0.261 e. The Morgan fingerprint density at radius 3 is 2.73 bits per heavy atom. The van der Waals surface area contributed by atoms with E-state index < -0.39 is 0 Å². The number of hydrogen-bond donors (Lipinski definition) is 2. The number of halogens is 1. The Labute approximate surface area is 159 Å². The van der Waals surface area contributed by atoms with E-state index in [-0.39, 0.29) is 47.3 Å². The van der Waals surface area contributed by atoms with Gasteiger partial charge in [0.05, 0.1) is 0 Å². The number of amides is 2. The van der Waals surface area contributed by atoms with E-state index in [2.05, 4.69) is 4.98 Å². The van der Waals surface area contributed by atoms with E-state index in [1.54, 1.807) is 11.0 Å². The van der Waals surface area contributed by atoms with Crippen molar-refractivity contribution in [2.45, 2.75) is 39.2 Å². The van der Waals surface area contributed by atoms with Crippen LogP contribution < -0.4 is 11.3 Å². The number of carbonyl (C=O) groups excluding carboxylic acids is 2. The Balaban J connectivity index is 0.00000243. The molecule has 2 amide bonds. The number of piperidine rings is 2. The van der Waals surface area contributed by atoms with Crippen molar-refractivity contribution in [2.24, 2.45) is 11.7 Å². The topological polar surface area (TPSA) is 99.5 Å². The molecule has 0 bridgehead atoms. The van der Waals surface area contributed by atoms with Gasteiger partial charge in [-0.15, -0.1) is 12.4 Å². The van der Waals surface area contributed by atoms with Gasteiger partial charge in [-0.3, -0.25) is 14.4 Å². The number of rotatable bonds is 3. The van der Waals surface area contributed by atoms with Crippen LogP contribution in [0.3, 0.4) is 0 Å². The van der Waals surface area contributed by atoms with Crippen molar-refractivity contribution in [3.8, 4) is 0 Å². The zero-order valence-corrected chi connectivity index (χ0v) is 16.1. The number of nitrogens with zero attached hydrogens (tertiary/aromatic N) is 2. The quantitative estimate of drug-likeness (QED) is 0.808. The van der Waals surface area contributed by atoms with Crippen molar-refractivity contribution in [1.82, 2.24) is 14.8 Å². The zero-order valence-electron chi connectivity index (χ0n) is 15.3. The van der Waals surface area contributed by atoms with Gasteiger partial charge >= 0.3 is 0 Å². The number of fused-ring (bicyclic) bond motifs is 1. The second kappa shape index (κ2) is 8.22.